The van der Waals surface area contributed by atoms with E-state index >= 15 is 0 Å². The number of halogens is 2. The molecular weight excluding hydrogens is 280 g/mol. The van der Waals surface area contributed by atoms with E-state index in [1.807, 2.05) is 0 Å². The van der Waals surface area contributed by atoms with Crippen molar-refractivity contribution in [1.29, 1.82) is 0 Å². The minimum atomic E-state index is -1.03. The summed E-state index contributed by atoms with van der Waals surface area (Å²) in [5, 5.41) is 11.5. The molecule has 0 saturated carbocycles. The highest BCUT2D eigenvalue weighted by Crippen LogP contribution is 2.21. The van der Waals surface area contributed by atoms with Gasteiger partial charge in [-0.15, -0.1) is 0 Å². The van der Waals surface area contributed by atoms with Gasteiger partial charge in [-0.3, -0.25) is 9.59 Å². The van der Waals surface area contributed by atoms with Crippen molar-refractivity contribution in [3.63, 3.8) is 0 Å². The minimum absolute atomic E-state index is 0.231. The average Bonchev–Trinajstić information content (AvgIpc) is 2.41. The molecule has 0 heterocycles. The van der Waals surface area contributed by atoms with Crippen LogP contribution in [0.25, 0.3) is 0 Å². The van der Waals surface area contributed by atoms with Crippen LogP contribution < -0.4 is 5.32 Å². The van der Waals surface area contributed by atoms with E-state index in [1.54, 1.807) is 13.8 Å². The van der Waals surface area contributed by atoms with Crippen molar-refractivity contribution in [3.05, 3.63) is 35.4 Å². The molecule has 6 heteroatoms. The first-order valence-corrected chi connectivity index (χ1v) is 6.79. The highest BCUT2D eigenvalue weighted by Gasteiger charge is 2.31. The Morgan fingerprint density at radius 1 is 1.19 bits per heavy atom. The maximum Gasteiger partial charge on any atom is 0.305 e. The van der Waals surface area contributed by atoms with Crippen molar-refractivity contribution in [3.8, 4) is 0 Å². The molecule has 0 fully saturated rings. The number of nitrogens with one attached hydrogen (secondary N) is 1. The Morgan fingerprint density at radius 3 is 2.14 bits per heavy atom. The number of carboxylic acid groups (broad SMARTS) is 1. The maximum absolute atomic E-state index is 13.5. The molecule has 0 unspecified atom stereocenters. The Balaban J connectivity index is 2.86. The van der Waals surface area contributed by atoms with Crippen LogP contribution in [0.2, 0.25) is 0 Å². The van der Waals surface area contributed by atoms with Gasteiger partial charge < -0.3 is 10.4 Å². The van der Waals surface area contributed by atoms with Gasteiger partial charge in [-0.1, -0.05) is 19.9 Å². The zero-order valence-electron chi connectivity index (χ0n) is 12.1. The lowest BCUT2D eigenvalue weighted by molar-refractivity contribution is -0.139. The molecule has 4 nitrogen and oxygen atoms in total. The molecule has 1 amide bonds. The van der Waals surface area contributed by atoms with Crippen molar-refractivity contribution in [1.82, 2.24) is 5.32 Å². The first-order valence-electron chi connectivity index (χ1n) is 6.79. The van der Waals surface area contributed by atoms with Gasteiger partial charge in [0.15, 0.2) is 0 Å². The molecule has 0 aromatic heterocycles. The molecule has 1 aromatic carbocycles. The molecule has 116 valence electrons. The van der Waals surface area contributed by atoms with E-state index in [2.05, 4.69) is 5.32 Å². The van der Waals surface area contributed by atoms with Crippen molar-refractivity contribution < 1.29 is 23.5 Å². The highest BCUT2D eigenvalue weighted by atomic mass is 19.1. The Labute approximate surface area is 122 Å². The quantitative estimate of drug-likeness (QED) is 0.813. The van der Waals surface area contributed by atoms with Crippen LogP contribution in [0.3, 0.4) is 0 Å². The fraction of sp³-hybridized carbons (Fsp3) is 0.467. The van der Waals surface area contributed by atoms with Gasteiger partial charge in [0.05, 0.1) is 12.8 Å². The molecule has 1 aromatic rings. The summed E-state index contributed by atoms with van der Waals surface area (Å²) in [5.41, 5.74) is -1.21. The number of rotatable bonds is 7. The van der Waals surface area contributed by atoms with Gasteiger partial charge in [0.2, 0.25) is 5.91 Å². The summed E-state index contributed by atoms with van der Waals surface area (Å²) in [6, 6.07) is 3.38. The lowest BCUT2D eigenvalue weighted by Gasteiger charge is -2.31. The number of hydrogen-bond acceptors (Lipinski definition) is 2. The molecule has 0 radical (unpaired) electrons. The highest BCUT2D eigenvalue weighted by molar-refractivity contribution is 5.80. The fourth-order valence-electron chi connectivity index (χ4n) is 2.21. The van der Waals surface area contributed by atoms with Gasteiger partial charge in [0.1, 0.15) is 11.6 Å². The van der Waals surface area contributed by atoms with Crippen LogP contribution in [0.1, 0.15) is 38.7 Å². The average molecular weight is 299 g/mol. The Bertz CT molecular complexity index is 507. The lowest BCUT2D eigenvalue weighted by Crippen LogP contribution is -2.49. The lowest BCUT2D eigenvalue weighted by atomic mass is 9.88. The Hall–Kier alpha value is -1.98. The van der Waals surface area contributed by atoms with Crippen molar-refractivity contribution >= 4 is 11.9 Å². The van der Waals surface area contributed by atoms with E-state index < -0.39 is 35.5 Å². The Kier molecular flexibility index (Phi) is 5.81. The van der Waals surface area contributed by atoms with Crippen LogP contribution >= 0.6 is 0 Å². The normalized spacial score (nSPS) is 11.2. The number of amides is 1. The smallest absolute Gasteiger partial charge is 0.305 e. The summed E-state index contributed by atoms with van der Waals surface area (Å²) in [6.07, 6.45) is 0.147. The van der Waals surface area contributed by atoms with Crippen molar-refractivity contribution in [2.75, 3.05) is 0 Å². The molecule has 0 aliphatic rings. The summed E-state index contributed by atoms with van der Waals surface area (Å²) >= 11 is 0. The number of carboxylic acids is 1. The predicted octanol–water partition coefficient (Wildman–Crippen LogP) is 2.66. The van der Waals surface area contributed by atoms with Gasteiger partial charge in [-0.25, -0.2) is 8.78 Å². The number of hydrogen-bond donors (Lipinski definition) is 2. The fourth-order valence-corrected chi connectivity index (χ4v) is 2.21. The summed E-state index contributed by atoms with van der Waals surface area (Å²) in [5.74, 6) is -3.20. The molecule has 0 atom stereocenters. The third kappa shape index (κ3) is 4.51. The van der Waals surface area contributed by atoms with Gasteiger partial charge in [0.25, 0.3) is 0 Å². The van der Waals surface area contributed by atoms with E-state index in [9.17, 15) is 18.4 Å². The molecule has 0 bridgehead atoms. The third-order valence-electron chi connectivity index (χ3n) is 3.65. The molecule has 2 N–H and O–H groups in total. The van der Waals surface area contributed by atoms with E-state index in [-0.39, 0.29) is 12.0 Å². The van der Waals surface area contributed by atoms with Crippen molar-refractivity contribution in [2.24, 2.45) is 0 Å². The monoisotopic (exact) mass is 299 g/mol. The number of carbonyl (C=O) groups excluding carboxylic acids is 1. The summed E-state index contributed by atoms with van der Waals surface area (Å²) in [7, 11) is 0. The molecule has 21 heavy (non-hydrogen) atoms. The molecule has 0 aliphatic heterocycles. The molecule has 1 rings (SSSR count). The summed E-state index contributed by atoms with van der Waals surface area (Å²) in [4.78, 5) is 22.9. The van der Waals surface area contributed by atoms with Gasteiger partial charge in [-0.05, 0) is 25.0 Å². The number of carbonyl (C=O) groups is 2. The second-order valence-electron chi connectivity index (χ2n) is 4.98. The predicted molar refractivity (Wildman–Crippen MR) is 73.8 cm³/mol. The second kappa shape index (κ2) is 7.15. The summed E-state index contributed by atoms with van der Waals surface area (Å²) < 4.78 is 27.0. The van der Waals surface area contributed by atoms with Crippen LogP contribution in [0.5, 0.6) is 0 Å². The number of benzene rings is 1. The van der Waals surface area contributed by atoms with E-state index in [0.717, 1.165) is 12.1 Å². The standard InChI is InChI=1S/C15H19F2NO3/c1-3-15(4-2,9-14(20)21)18-13(19)8-10-11(16)6-5-7-12(10)17/h5-7H,3-4,8-9H2,1-2H3,(H,18,19)(H,20,21). The van der Waals surface area contributed by atoms with Gasteiger partial charge in [-0.2, -0.15) is 0 Å². The Morgan fingerprint density at radius 2 is 1.71 bits per heavy atom. The molecular formula is C15H19F2NO3. The van der Waals surface area contributed by atoms with Crippen LogP contribution in [0, 0.1) is 11.6 Å². The zero-order chi connectivity index (χ0) is 16.0. The van der Waals surface area contributed by atoms with E-state index in [0.29, 0.717) is 12.8 Å². The minimum Gasteiger partial charge on any atom is -0.481 e. The topological polar surface area (TPSA) is 66.4 Å². The van der Waals surface area contributed by atoms with Crippen molar-refractivity contribution in [2.45, 2.75) is 45.1 Å². The largest absolute Gasteiger partial charge is 0.481 e. The van der Waals surface area contributed by atoms with E-state index in [4.69, 9.17) is 5.11 Å². The third-order valence-corrected chi connectivity index (χ3v) is 3.65. The zero-order valence-corrected chi connectivity index (χ0v) is 12.1. The first-order chi connectivity index (χ1) is 9.83. The molecule has 0 aliphatic carbocycles. The number of aliphatic carboxylic acids is 1. The first kappa shape index (κ1) is 17.1. The molecule has 0 saturated heterocycles. The molecule has 0 spiro atoms. The second-order valence-corrected chi connectivity index (χ2v) is 4.98. The van der Waals surface area contributed by atoms with Crippen LogP contribution in [-0.4, -0.2) is 22.5 Å². The van der Waals surface area contributed by atoms with Gasteiger partial charge >= 0.3 is 5.97 Å². The SMILES string of the molecule is CCC(CC)(CC(=O)O)NC(=O)Cc1c(F)cccc1F. The van der Waals surface area contributed by atoms with Crippen LogP contribution in [-0.2, 0) is 16.0 Å². The maximum atomic E-state index is 13.5. The van der Waals surface area contributed by atoms with Crippen LogP contribution in [0.15, 0.2) is 18.2 Å². The van der Waals surface area contributed by atoms with E-state index in [1.165, 1.54) is 6.07 Å². The van der Waals surface area contributed by atoms with Gasteiger partial charge in [0, 0.05) is 11.1 Å². The van der Waals surface area contributed by atoms with Crippen LogP contribution in [0.4, 0.5) is 8.78 Å². The summed E-state index contributed by atoms with van der Waals surface area (Å²) in [6.45, 7) is 3.52.